The summed E-state index contributed by atoms with van der Waals surface area (Å²) in [6.07, 6.45) is 0.608. The second-order valence-corrected chi connectivity index (χ2v) is 7.53. The third kappa shape index (κ3) is 1.86. The largest absolute Gasteiger partial charge is 0.134 e. The first-order chi connectivity index (χ1) is 9.80. The lowest BCUT2D eigenvalue weighted by atomic mass is 9.97. The Morgan fingerprint density at radius 1 is 0.850 bits per heavy atom. The van der Waals surface area contributed by atoms with Crippen molar-refractivity contribution >= 4 is 76.0 Å². The molecule has 0 N–H and O–H groups in total. The molecule has 2 heterocycles. The summed E-state index contributed by atoms with van der Waals surface area (Å²) in [6, 6.07) is 13.3. The van der Waals surface area contributed by atoms with Crippen LogP contribution in [0.1, 0.15) is 11.1 Å². The van der Waals surface area contributed by atoms with Gasteiger partial charge in [0.15, 0.2) is 0 Å². The maximum absolute atomic E-state index is 5.74. The highest BCUT2D eigenvalue weighted by Gasteiger charge is 2.12. The first-order valence-corrected chi connectivity index (χ1v) is 9.18. The van der Waals surface area contributed by atoms with Gasteiger partial charge in [0.25, 0.3) is 0 Å². The Kier molecular flexibility index (Phi) is 3.13. The molecule has 0 unspecified atom stereocenters. The third-order valence-electron chi connectivity index (χ3n) is 3.60. The summed E-state index contributed by atoms with van der Waals surface area (Å²) in [5, 5.41) is 3.66. The van der Waals surface area contributed by atoms with E-state index in [0.29, 0.717) is 6.32 Å². The minimum Gasteiger partial charge on any atom is -0.134 e. The zero-order chi connectivity index (χ0) is 13.7. The molecule has 0 nitrogen and oxygen atoms in total. The number of rotatable bonds is 2. The van der Waals surface area contributed by atoms with Crippen LogP contribution in [0.4, 0.5) is 0 Å². The van der Waals surface area contributed by atoms with E-state index in [2.05, 4.69) is 52.3 Å². The number of hydrogen-bond acceptors (Lipinski definition) is 2. The van der Waals surface area contributed by atoms with Crippen LogP contribution in [0, 0.1) is 0 Å². The average molecular weight is 357 g/mol. The third-order valence-corrected chi connectivity index (χ3v) is 6.75. The van der Waals surface area contributed by atoms with E-state index in [1.54, 1.807) is 0 Å². The molecule has 4 heteroatoms. The summed E-state index contributed by atoms with van der Waals surface area (Å²) in [5.41, 5.74) is 2.54. The van der Waals surface area contributed by atoms with Gasteiger partial charge >= 0.3 is 0 Å². The molecule has 0 spiro atoms. The van der Waals surface area contributed by atoms with Gasteiger partial charge in [0.05, 0.1) is 17.2 Å². The van der Waals surface area contributed by atoms with Crippen LogP contribution in [0.15, 0.2) is 36.4 Å². The maximum atomic E-state index is 5.74. The number of fused-ring (bicyclic) bond motifs is 5. The molecule has 0 saturated carbocycles. The Bertz CT molecular complexity index is 858. The van der Waals surface area contributed by atoms with Gasteiger partial charge in [-0.2, -0.15) is 0 Å². The molecule has 0 amide bonds. The van der Waals surface area contributed by atoms with Crippen molar-refractivity contribution in [1.29, 1.82) is 0 Å². The lowest BCUT2D eigenvalue weighted by Crippen LogP contribution is -1.80. The summed E-state index contributed by atoms with van der Waals surface area (Å²) in [5.74, 6) is 0. The summed E-state index contributed by atoms with van der Waals surface area (Å²) in [7, 11) is 5.74. The highest BCUT2D eigenvalue weighted by Crippen LogP contribution is 2.44. The fraction of sp³-hybridized carbons (Fsp3) is 0.125. The van der Waals surface area contributed by atoms with Gasteiger partial charge in [-0.3, -0.25) is 0 Å². The maximum Gasteiger partial charge on any atom is 0.0716 e. The van der Waals surface area contributed by atoms with E-state index in [1.807, 2.05) is 22.7 Å². The van der Waals surface area contributed by atoms with Gasteiger partial charge < -0.3 is 0 Å². The van der Waals surface area contributed by atoms with E-state index in [-0.39, 0.29) is 0 Å². The lowest BCUT2D eigenvalue weighted by molar-refractivity contribution is 1.43. The van der Waals surface area contributed by atoms with Gasteiger partial charge in [-0.05, 0) is 17.7 Å². The average Bonchev–Trinajstić information content (AvgIpc) is 3.01. The normalized spacial score (nSPS) is 11.8. The van der Waals surface area contributed by atoms with Crippen molar-refractivity contribution in [1.82, 2.24) is 0 Å². The minimum atomic E-state index is 0.608. The Morgan fingerprint density at radius 3 is 1.95 bits per heavy atom. The van der Waals surface area contributed by atoms with Crippen molar-refractivity contribution in [3.8, 4) is 0 Å². The van der Waals surface area contributed by atoms with Crippen molar-refractivity contribution in [2.75, 3.05) is 0 Å². The van der Waals surface area contributed by atoms with Crippen LogP contribution < -0.4 is 0 Å². The highest BCUT2D eigenvalue weighted by molar-refractivity contribution is 9.08. The number of thiophene rings is 2. The quantitative estimate of drug-likeness (QED) is 0.313. The molecule has 2 aromatic carbocycles. The molecular formula is C16H10BBrS2. The van der Waals surface area contributed by atoms with Crippen LogP contribution in [0.5, 0.6) is 0 Å². The zero-order valence-corrected chi connectivity index (χ0v) is 13.9. The minimum absolute atomic E-state index is 0.608. The predicted octanol–water partition coefficient (Wildman–Crippen LogP) is 5.83. The van der Waals surface area contributed by atoms with Crippen LogP contribution in [0.2, 0.25) is 0 Å². The molecule has 0 bridgehead atoms. The molecular weight excluding hydrogens is 347 g/mol. The highest BCUT2D eigenvalue weighted by atomic mass is 79.9. The summed E-state index contributed by atoms with van der Waals surface area (Å²) >= 11 is 7.31. The molecule has 0 aliphatic carbocycles. The topological polar surface area (TPSA) is 0 Å². The van der Waals surface area contributed by atoms with Crippen LogP contribution >= 0.6 is 38.6 Å². The number of benzene rings is 2. The Balaban J connectivity index is 2.08. The Hall–Kier alpha value is -0.835. The number of alkyl halides is 1. The molecule has 4 aromatic rings. The molecule has 0 aliphatic heterocycles. The van der Waals surface area contributed by atoms with E-state index in [4.69, 9.17) is 7.85 Å². The van der Waals surface area contributed by atoms with Crippen LogP contribution in [0.25, 0.3) is 29.6 Å². The van der Waals surface area contributed by atoms with Gasteiger partial charge in [-0.15, -0.1) is 22.7 Å². The van der Waals surface area contributed by atoms with Gasteiger partial charge in [-0.25, -0.2) is 0 Å². The smallest absolute Gasteiger partial charge is 0.0716 e. The van der Waals surface area contributed by atoms with Crippen LogP contribution in [0.3, 0.4) is 0 Å². The molecule has 2 aromatic heterocycles. The summed E-state index contributed by atoms with van der Waals surface area (Å²) in [4.78, 5) is 0. The first-order valence-electron chi connectivity index (χ1n) is 6.43. The van der Waals surface area contributed by atoms with Crippen molar-refractivity contribution < 1.29 is 0 Å². The van der Waals surface area contributed by atoms with Gasteiger partial charge in [0, 0.05) is 25.5 Å². The van der Waals surface area contributed by atoms with E-state index in [0.717, 1.165) is 5.33 Å². The fourth-order valence-corrected chi connectivity index (χ4v) is 5.68. The standard InChI is InChI=1S/C16H10BBrS2/c17-7-9-1-3-11-13(5-9)19-16-12-4-2-10(8-18)6-14(12)20-15(11)16/h1-6H,7-8H2. The fourth-order valence-electron chi connectivity index (χ4n) is 2.55. The SMILES string of the molecule is [B]Cc1ccc2c(c1)sc1c3ccc(CBr)cc3sc21. The van der Waals surface area contributed by atoms with Crippen LogP contribution in [-0.4, -0.2) is 7.85 Å². The van der Waals surface area contributed by atoms with E-state index >= 15 is 0 Å². The second kappa shape index (κ2) is 4.87. The molecule has 96 valence electrons. The molecule has 20 heavy (non-hydrogen) atoms. The van der Waals surface area contributed by atoms with E-state index < -0.39 is 0 Å². The second-order valence-electron chi connectivity index (χ2n) is 4.86. The van der Waals surface area contributed by atoms with Crippen molar-refractivity contribution in [3.63, 3.8) is 0 Å². The molecule has 0 atom stereocenters. The molecule has 2 radical (unpaired) electrons. The molecule has 0 aliphatic rings. The zero-order valence-electron chi connectivity index (χ0n) is 10.7. The predicted molar refractivity (Wildman–Crippen MR) is 96.8 cm³/mol. The Labute approximate surface area is 135 Å². The van der Waals surface area contributed by atoms with E-state index in [1.165, 1.54) is 40.7 Å². The van der Waals surface area contributed by atoms with Gasteiger partial charge in [0.1, 0.15) is 0 Å². The van der Waals surface area contributed by atoms with Crippen molar-refractivity contribution in [3.05, 3.63) is 47.5 Å². The van der Waals surface area contributed by atoms with Crippen LogP contribution in [-0.2, 0) is 11.7 Å². The van der Waals surface area contributed by atoms with Gasteiger partial charge in [0.2, 0.25) is 0 Å². The van der Waals surface area contributed by atoms with E-state index in [9.17, 15) is 0 Å². The number of hydrogen-bond donors (Lipinski definition) is 0. The van der Waals surface area contributed by atoms with Gasteiger partial charge in [-0.1, -0.05) is 52.1 Å². The Morgan fingerprint density at radius 2 is 1.40 bits per heavy atom. The number of halogens is 1. The lowest BCUT2D eigenvalue weighted by Gasteiger charge is -1.96. The monoisotopic (exact) mass is 356 g/mol. The summed E-state index contributed by atoms with van der Waals surface area (Å²) in [6.45, 7) is 0. The van der Waals surface area contributed by atoms with Crippen molar-refractivity contribution in [2.24, 2.45) is 0 Å². The molecule has 4 rings (SSSR count). The van der Waals surface area contributed by atoms with Crippen molar-refractivity contribution in [2.45, 2.75) is 11.7 Å². The molecule has 0 saturated heterocycles. The first kappa shape index (κ1) is 12.9. The summed E-state index contributed by atoms with van der Waals surface area (Å²) < 4.78 is 5.55. The molecule has 0 fully saturated rings.